The van der Waals surface area contributed by atoms with Crippen LogP contribution < -0.4 is 9.47 Å². The van der Waals surface area contributed by atoms with E-state index in [0.29, 0.717) is 13.2 Å². The van der Waals surface area contributed by atoms with Crippen molar-refractivity contribution in [1.29, 1.82) is 0 Å². The van der Waals surface area contributed by atoms with E-state index in [9.17, 15) is 4.79 Å². The Hall–Kier alpha value is -2.77. The van der Waals surface area contributed by atoms with Gasteiger partial charge < -0.3 is 23.7 Å². The van der Waals surface area contributed by atoms with Crippen molar-refractivity contribution in [2.45, 2.75) is 44.2 Å². The predicted octanol–water partition coefficient (Wildman–Crippen LogP) is 3.94. The van der Waals surface area contributed by atoms with Crippen LogP contribution in [0.25, 0.3) is 0 Å². The highest BCUT2D eigenvalue weighted by Crippen LogP contribution is 2.47. The topological polar surface area (TPSA) is 69.8 Å². The van der Waals surface area contributed by atoms with Gasteiger partial charge in [0.1, 0.15) is 23.2 Å². The average Bonchev–Trinajstić information content (AvgIpc) is 3.52. The maximum atomic E-state index is 13.5. The molecule has 4 rings (SSSR count). The Labute approximate surface area is 182 Å². The first-order valence-corrected chi connectivity index (χ1v) is 10.4. The Morgan fingerprint density at radius 3 is 1.81 bits per heavy atom. The molecular formula is C24H29NO6. The minimum Gasteiger partial charge on any atom is -0.497 e. The molecular weight excluding hydrogens is 398 g/mol. The lowest BCUT2D eigenvalue weighted by atomic mass is 9.92. The summed E-state index contributed by atoms with van der Waals surface area (Å²) in [5, 5.41) is 0. The maximum absolute atomic E-state index is 13.5. The quantitative estimate of drug-likeness (QED) is 0.674. The highest BCUT2D eigenvalue weighted by atomic mass is 16.6. The fourth-order valence-electron chi connectivity index (χ4n) is 3.96. The van der Waals surface area contributed by atoms with Gasteiger partial charge in [0.05, 0.1) is 33.5 Å². The number of amides is 1. The first-order valence-electron chi connectivity index (χ1n) is 10.4. The molecule has 31 heavy (non-hydrogen) atoms. The van der Waals surface area contributed by atoms with Crippen molar-refractivity contribution in [3.63, 3.8) is 0 Å². The van der Waals surface area contributed by atoms with Crippen molar-refractivity contribution < 1.29 is 28.5 Å². The van der Waals surface area contributed by atoms with Gasteiger partial charge in [0.15, 0.2) is 5.72 Å². The molecule has 0 radical (unpaired) electrons. The molecule has 2 atom stereocenters. The summed E-state index contributed by atoms with van der Waals surface area (Å²) in [6, 6.07) is 14.8. The predicted molar refractivity (Wildman–Crippen MR) is 114 cm³/mol. The molecule has 2 saturated heterocycles. The summed E-state index contributed by atoms with van der Waals surface area (Å²) in [6.07, 6.45) is -0.525. The molecule has 7 nitrogen and oxygen atoms in total. The molecule has 2 fully saturated rings. The van der Waals surface area contributed by atoms with Gasteiger partial charge in [-0.2, -0.15) is 0 Å². The zero-order valence-corrected chi connectivity index (χ0v) is 18.6. The molecule has 0 aliphatic carbocycles. The van der Waals surface area contributed by atoms with E-state index in [1.165, 1.54) is 0 Å². The number of hydrogen-bond donors (Lipinski definition) is 0. The third-order valence-electron chi connectivity index (χ3n) is 5.47. The van der Waals surface area contributed by atoms with E-state index >= 15 is 0 Å². The van der Waals surface area contributed by atoms with E-state index in [1.54, 1.807) is 19.1 Å². The lowest BCUT2D eigenvalue weighted by Crippen LogP contribution is -2.53. The summed E-state index contributed by atoms with van der Waals surface area (Å²) in [7, 11) is 3.24. The average molecular weight is 427 g/mol. The molecule has 2 unspecified atom stereocenters. The Balaban J connectivity index is 1.86. The fraction of sp³-hybridized carbons (Fsp3) is 0.458. The molecule has 0 bridgehead atoms. The van der Waals surface area contributed by atoms with Crippen LogP contribution in [0.1, 0.15) is 31.9 Å². The Morgan fingerprint density at radius 1 is 0.935 bits per heavy atom. The molecule has 2 aromatic carbocycles. The molecule has 2 aromatic rings. The van der Waals surface area contributed by atoms with Gasteiger partial charge in [0, 0.05) is 11.1 Å². The second kappa shape index (κ2) is 8.05. The highest BCUT2D eigenvalue weighted by Gasteiger charge is 2.58. The SMILES string of the molecule is COc1ccc(C2(c3ccc(OC)cc3)OCC(C3CO3)N2C(=O)OC(C)(C)C)cc1. The summed E-state index contributed by atoms with van der Waals surface area (Å²) >= 11 is 0. The van der Waals surface area contributed by atoms with Gasteiger partial charge in [-0.05, 0) is 45.0 Å². The van der Waals surface area contributed by atoms with Crippen molar-refractivity contribution in [3.8, 4) is 11.5 Å². The van der Waals surface area contributed by atoms with E-state index in [0.717, 1.165) is 22.6 Å². The molecule has 7 heteroatoms. The number of hydrogen-bond acceptors (Lipinski definition) is 6. The second-order valence-corrected chi connectivity index (χ2v) is 8.70. The van der Waals surface area contributed by atoms with Gasteiger partial charge in [0.25, 0.3) is 0 Å². The van der Waals surface area contributed by atoms with E-state index in [1.807, 2.05) is 69.3 Å². The monoisotopic (exact) mass is 427 g/mol. The molecule has 0 saturated carbocycles. The first kappa shape index (κ1) is 21.5. The normalized spacial score (nSPS) is 22.2. The van der Waals surface area contributed by atoms with Gasteiger partial charge in [-0.1, -0.05) is 24.3 Å². The minimum absolute atomic E-state index is 0.0779. The number of nitrogens with zero attached hydrogens (tertiary/aromatic N) is 1. The van der Waals surface area contributed by atoms with Gasteiger partial charge in [-0.25, -0.2) is 4.79 Å². The standard InChI is InChI=1S/C24H29NO6/c1-23(2,3)31-22(26)25-20(21-15-29-21)14-30-24(25,16-6-10-18(27-4)11-7-16)17-8-12-19(28-5)13-9-17/h6-13,20-21H,14-15H2,1-5H3. The molecule has 2 heterocycles. The Morgan fingerprint density at radius 2 is 1.42 bits per heavy atom. The van der Waals surface area contributed by atoms with Gasteiger partial charge >= 0.3 is 6.09 Å². The molecule has 0 N–H and O–H groups in total. The lowest BCUT2D eigenvalue weighted by molar-refractivity contribution is -0.0655. The van der Waals surface area contributed by atoms with Crippen LogP contribution in [-0.4, -0.2) is 56.2 Å². The van der Waals surface area contributed by atoms with Crippen LogP contribution in [0.5, 0.6) is 11.5 Å². The van der Waals surface area contributed by atoms with Crippen LogP contribution in [0.15, 0.2) is 48.5 Å². The van der Waals surface area contributed by atoms with E-state index in [2.05, 4.69) is 0 Å². The lowest BCUT2D eigenvalue weighted by Gasteiger charge is -2.40. The third-order valence-corrected chi connectivity index (χ3v) is 5.47. The number of rotatable bonds is 5. The largest absolute Gasteiger partial charge is 0.497 e. The van der Waals surface area contributed by atoms with Crippen molar-refractivity contribution in [2.24, 2.45) is 0 Å². The number of epoxide rings is 1. The highest BCUT2D eigenvalue weighted by molar-refractivity contribution is 5.72. The van der Waals surface area contributed by atoms with Gasteiger partial charge in [0.2, 0.25) is 0 Å². The number of carbonyl (C=O) groups is 1. The molecule has 166 valence electrons. The number of carbonyl (C=O) groups excluding carboxylic acids is 1. The molecule has 1 amide bonds. The van der Waals surface area contributed by atoms with Crippen LogP contribution in [0.4, 0.5) is 4.79 Å². The minimum atomic E-state index is -1.17. The maximum Gasteiger partial charge on any atom is 0.413 e. The summed E-state index contributed by atoms with van der Waals surface area (Å²) in [6.45, 7) is 6.49. The van der Waals surface area contributed by atoms with Crippen molar-refractivity contribution >= 4 is 6.09 Å². The zero-order valence-electron chi connectivity index (χ0n) is 18.6. The van der Waals surface area contributed by atoms with Gasteiger partial charge in [-0.15, -0.1) is 0 Å². The third kappa shape index (κ3) is 4.07. The summed E-state index contributed by atoms with van der Waals surface area (Å²) in [5.74, 6) is 1.44. The molecule has 0 spiro atoms. The fourth-order valence-corrected chi connectivity index (χ4v) is 3.96. The smallest absolute Gasteiger partial charge is 0.413 e. The van der Waals surface area contributed by atoms with Crippen LogP contribution >= 0.6 is 0 Å². The Kier molecular flexibility index (Phi) is 5.58. The van der Waals surface area contributed by atoms with Crippen LogP contribution in [0.2, 0.25) is 0 Å². The van der Waals surface area contributed by atoms with Crippen molar-refractivity contribution in [3.05, 3.63) is 59.7 Å². The number of benzene rings is 2. The van der Waals surface area contributed by atoms with Crippen molar-refractivity contribution in [2.75, 3.05) is 27.4 Å². The van der Waals surface area contributed by atoms with Crippen LogP contribution in [-0.2, 0) is 19.9 Å². The first-order chi connectivity index (χ1) is 14.8. The summed E-state index contributed by atoms with van der Waals surface area (Å²) in [5.41, 5.74) is -0.225. The van der Waals surface area contributed by atoms with E-state index in [4.69, 9.17) is 23.7 Å². The molecule has 2 aliphatic heterocycles. The Bertz CT molecular complexity index is 867. The van der Waals surface area contributed by atoms with Gasteiger partial charge in [-0.3, -0.25) is 4.90 Å². The zero-order chi connectivity index (χ0) is 22.2. The number of methoxy groups -OCH3 is 2. The van der Waals surface area contributed by atoms with Crippen LogP contribution in [0.3, 0.4) is 0 Å². The summed E-state index contributed by atoms with van der Waals surface area (Å²) in [4.78, 5) is 15.2. The molecule has 0 aromatic heterocycles. The molecule has 2 aliphatic rings. The number of ether oxygens (including phenoxy) is 5. The van der Waals surface area contributed by atoms with Crippen LogP contribution in [0, 0.1) is 0 Å². The second-order valence-electron chi connectivity index (χ2n) is 8.70. The van der Waals surface area contributed by atoms with E-state index in [-0.39, 0.29) is 12.1 Å². The van der Waals surface area contributed by atoms with Crippen molar-refractivity contribution in [1.82, 2.24) is 4.90 Å². The van der Waals surface area contributed by atoms with E-state index < -0.39 is 17.4 Å². The summed E-state index contributed by atoms with van der Waals surface area (Å²) < 4.78 is 28.5.